The summed E-state index contributed by atoms with van der Waals surface area (Å²) in [6, 6.07) is 5.27. The first-order chi connectivity index (χ1) is 9.63. The highest BCUT2D eigenvalue weighted by Crippen LogP contribution is 2.24. The smallest absolute Gasteiger partial charge is 0.240 e. The van der Waals surface area contributed by atoms with E-state index < -0.39 is 10.0 Å². The number of hydrogen-bond donors (Lipinski definition) is 2. The molecule has 2 rings (SSSR count). The Morgan fingerprint density at radius 1 is 1.30 bits per heavy atom. The van der Waals surface area contributed by atoms with Crippen LogP contribution in [0.5, 0.6) is 0 Å². The molecule has 0 atom stereocenters. The highest BCUT2D eigenvalue weighted by atomic mass is 32.2. The van der Waals surface area contributed by atoms with E-state index in [1.165, 1.54) is 0 Å². The Kier molecular flexibility index (Phi) is 5.39. The first-order valence-electron chi connectivity index (χ1n) is 6.99. The number of rotatable bonds is 8. The largest absolute Gasteiger partial charge is 0.385 e. The molecule has 0 saturated carbocycles. The molecule has 0 radical (unpaired) electrons. The number of nitrogens with one attached hydrogen (secondary N) is 2. The van der Waals surface area contributed by atoms with Crippen molar-refractivity contribution in [2.24, 2.45) is 0 Å². The van der Waals surface area contributed by atoms with Gasteiger partial charge in [0.2, 0.25) is 10.0 Å². The van der Waals surface area contributed by atoms with Crippen molar-refractivity contribution in [2.45, 2.75) is 30.6 Å². The molecule has 6 heteroatoms. The third-order valence-corrected chi connectivity index (χ3v) is 4.87. The molecule has 1 aromatic carbocycles. The number of ether oxygens (including phenoxy) is 1. The SMILES string of the molecule is COCCCCCNS(=O)(=O)c1ccc2c(c1)CCN2. The Morgan fingerprint density at radius 2 is 2.15 bits per heavy atom. The third kappa shape index (κ3) is 3.94. The summed E-state index contributed by atoms with van der Waals surface area (Å²) in [7, 11) is -1.71. The lowest BCUT2D eigenvalue weighted by atomic mass is 10.2. The van der Waals surface area contributed by atoms with Gasteiger partial charge >= 0.3 is 0 Å². The molecule has 1 aliphatic rings. The van der Waals surface area contributed by atoms with Gasteiger partial charge in [0.1, 0.15) is 0 Å². The molecule has 0 fully saturated rings. The second-order valence-corrected chi connectivity index (χ2v) is 6.71. The van der Waals surface area contributed by atoms with E-state index in [9.17, 15) is 8.42 Å². The van der Waals surface area contributed by atoms with Gasteiger partial charge in [-0.3, -0.25) is 0 Å². The fourth-order valence-corrected chi connectivity index (χ4v) is 3.41. The Labute approximate surface area is 120 Å². The molecule has 0 aromatic heterocycles. The number of fused-ring (bicyclic) bond motifs is 1. The Hall–Kier alpha value is -1.11. The molecular formula is C14H22N2O3S. The number of anilines is 1. The molecule has 5 nitrogen and oxygen atoms in total. The second kappa shape index (κ2) is 7.06. The summed E-state index contributed by atoms with van der Waals surface area (Å²) in [6.45, 7) is 2.08. The first kappa shape index (κ1) is 15.3. The van der Waals surface area contributed by atoms with Crippen molar-refractivity contribution in [3.05, 3.63) is 23.8 Å². The van der Waals surface area contributed by atoms with Crippen molar-refractivity contribution in [1.82, 2.24) is 4.72 Å². The molecule has 1 aromatic rings. The molecule has 0 bridgehead atoms. The molecule has 0 unspecified atom stereocenters. The van der Waals surface area contributed by atoms with Crippen LogP contribution in [0, 0.1) is 0 Å². The number of hydrogen-bond acceptors (Lipinski definition) is 4. The predicted molar refractivity (Wildman–Crippen MR) is 79.6 cm³/mol. The zero-order valence-corrected chi connectivity index (χ0v) is 12.6. The molecule has 112 valence electrons. The van der Waals surface area contributed by atoms with Gasteiger partial charge in [-0.1, -0.05) is 0 Å². The highest BCUT2D eigenvalue weighted by Gasteiger charge is 2.17. The van der Waals surface area contributed by atoms with Crippen LogP contribution < -0.4 is 10.0 Å². The van der Waals surface area contributed by atoms with E-state index in [1.807, 2.05) is 6.07 Å². The predicted octanol–water partition coefficient (Wildman–Crippen LogP) is 1.75. The zero-order chi connectivity index (χ0) is 14.4. The highest BCUT2D eigenvalue weighted by molar-refractivity contribution is 7.89. The van der Waals surface area contributed by atoms with Gasteiger partial charge in [-0.05, 0) is 49.4 Å². The van der Waals surface area contributed by atoms with E-state index in [4.69, 9.17) is 4.74 Å². The van der Waals surface area contributed by atoms with Crippen LogP contribution in [-0.2, 0) is 21.2 Å². The van der Waals surface area contributed by atoms with Crippen LogP contribution in [0.1, 0.15) is 24.8 Å². The van der Waals surface area contributed by atoms with Crippen LogP contribution in [0.25, 0.3) is 0 Å². The zero-order valence-electron chi connectivity index (χ0n) is 11.8. The van der Waals surface area contributed by atoms with E-state index in [1.54, 1.807) is 19.2 Å². The molecule has 0 aliphatic carbocycles. The molecule has 2 N–H and O–H groups in total. The van der Waals surface area contributed by atoms with Crippen LogP contribution in [0.15, 0.2) is 23.1 Å². The Balaban J connectivity index is 1.87. The minimum atomic E-state index is -3.38. The van der Waals surface area contributed by atoms with Crippen LogP contribution in [0.3, 0.4) is 0 Å². The van der Waals surface area contributed by atoms with Crippen molar-refractivity contribution >= 4 is 15.7 Å². The van der Waals surface area contributed by atoms with Crippen molar-refractivity contribution in [3.63, 3.8) is 0 Å². The van der Waals surface area contributed by atoms with Crippen LogP contribution in [0.4, 0.5) is 5.69 Å². The Bertz CT molecular complexity index is 543. The van der Waals surface area contributed by atoms with Crippen molar-refractivity contribution in [1.29, 1.82) is 0 Å². The summed E-state index contributed by atoms with van der Waals surface area (Å²) in [5.41, 5.74) is 2.12. The van der Waals surface area contributed by atoms with Gasteiger partial charge in [-0.2, -0.15) is 0 Å². The molecule has 20 heavy (non-hydrogen) atoms. The topological polar surface area (TPSA) is 67.4 Å². The maximum absolute atomic E-state index is 12.2. The lowest BCUT2D eigenvalue weighted by Gasteiger charge is -2.08. The quantitative estimate of drug-likeness (QED) is 0.718. The molecule has 0 spiro atoms. The number of unbranched alkanes of at least 4 members (excludes halogenated alkanes) is 2. The van der Waals surface area contributed by atoms with Crippen molar-refractivity contribution in [3.8, 4) is 0 Å². The summed E-state index contributed by atoms with van der Waals surface area (Å²) in [5.74, 6) is 0. The summed E-state index contributed by atoms with van der Waals surface area (Å²) in [4.78, 5) is 0.358. The summed E-state index contributed by atoms with van der Waals surface area (Å²) in [5, 5.41) is 3.22. The maximum atomic E-state index is 12.2. The second-order valence-electron chi connectivity index (χ2n) is 4.95. The van der Waals surface area contributed by atoms with E-state index in [0.717, 1.165) is 50.1 Å². The van der Waals surface area contributed by atoms with Crippen LogP contribution >= 0.6 is 0 Å². The first-order valence-corrected chi connectivity index (χ1v) is 8.47. The maximum Gasteiger partial charge on any atom is 0.240 e. The summed E-state index contributed by atoms with van der Waals surface area (Å²) >= 11 is 0. The molecular weight excluding hydrogens is 276 g/mol. The molecule has 1 aliphatic heterocycles. The standard InChI is InChI=1S/C14H22N2O3S/c1-19-10-4-2-3-8-16-20(17,18)13-5-6-14-12(11-13)7-9-15-14/h5-6,11,15-16H,2-4,7-10H2,1H3. The van der Waals surface area contributed by atoms with Gasteiger partial charge in [0, 0.05) is 32.5 Å². The fraction of sp³-hybridized carbons (Fsp3) is 0.571. The van der Waals surface area contributed by atoms with Crippen LogP contribution in [-0.4, -0.2) is 35.2 Å². The van der Waals surface area contributed by atoms with E-state index in [-0.39, 0.29) is 0 Å². The summed E-state index contributed by atoms with van der Waals surface area (Å²) < 4.78 is 31.9. The van der Waals surface area contributed by atoms with Crippen molar-refractivity contribution < 1.29 is 13.2 Å². The monoisotopic (exact) mass is 298 g/mol. The van der Waals surface area contributed by atoms with Gasteiger partial charge < -0.3 is 10.1 Å². The lowest BCUT2D eigenvalue weighted by molar-refractivity contribution is 0.192. The minimum Gasteiger partial charge on any atom is -0.385 e. The number of methoxy groups -OCH3 is 1. The number of sulfonamides is 1. The van der Waals surface area contributed by atoms with Gasteiger partial charge in [-0.15, -0.1) is 0 Å². The lowest BCUT2D eigenvalue weighted by Crippen LogP contribution is -2.24. The summed E-state index contributed by atoms with van der Waals surface area (Å²) in [6.07, 6.45) is 3.64. The van der Waals surface area contributed by atoms with Gasteiger partial charge in [0.15, 0.2) is 0 Å². The molecule has 0 saturated heterocycles. The average Bonchev–Trinajstić information content (AvgIpc) is 2.90. The molecule has 0 amide bonds. The van der Waals surface area contributed by atoms with Gasteiger partial charge in [0.05, 0.1) is 4.90 Å². The van der Waals surface area contributed by atoms with E-state index >= 15 is 0 Å². The fourth-order valence-electron chi connectivity index (χ4n) is 2.29. The normalized spacial score (nSPS) is 14.1. The average molecular weight is 298 g/mol. The van der Waals surface area contributed by atoms with Gasteiger partial charge in [-0.25, -0.2) is 13.1 Å². The minimum absolute atomic E-state index is 0.358. The van der Waals surface area contributed by atoms with Crippen LogP contribution in [0.2, 0.25) is 0 Å². The van der Waals surface area contributed by atoms with E-state index in [2.05, 4.69) is 10.0 Å². The number of benzene rings is 1. The van der Waals surface area contributed by atoms with Gasteiger partial charge in [0.25, 0.3) is 0 Å². The van der Waals surface area contributed by atoms with Crippen molar-refractivity contribution in [2.75, 3.05) is 32.1 Å². The van der Waals surface area contributed by atoms with E-state index in [0.29, 0.717) is 11.4 Å². The molecule has 1 heterocycles. The third-order valence-electron chi connectivity index (χ3n) is 3.41. The Morgan fingerprint density at radius 3 is 2.95 bits per heavy atom.